The molecule has 0 aromatic heterocycles. The molecule has 2 fully saturated rings. The molecule has 1 unspecified atom stereocenters. The summed E-state index contributed by atoms with van der Waals surface area (Å²) >= 11 is 11.8. The number of piperazine rings is 1. The molecule has 2 aromatic rings. The average molecular weight is 461 g/mol. The van der Waals surface area contributed by atoms with E-state index in [1.807, 2.05) is 11.0 Å². The number of hydrogen-bond acceptors (Lipinski definition) is 4. The molecule has 2 heterocycles. The smallest absolute Gasteiger partial charge is 0.251 e. The van der Waals surface area contributed by atoms with Gasteiger partial charge in [0.1, 0.15) is 0 Å². The number of halogens is 2. The summed E-state index contributed by atoms with van der Waals surface area (Å²) in [6.07, 6.45) is 0.970. The quantitative estimate of drug-likeness (QED) is 0.744. The molecule has 0 aliphatic carbocycles. The number of para-hydroxylation sites is 1. The minimum Gasteiger partial charge on any atom is -0.369 e. The summed E-state index contributed by atoms with van der Waals surface area (Å²) in [5.74, 6) is -0.390. The van der Waals surface area contributed by atoms with E-state index in [0.29, 0.717) is 28.2 Å². The van der Waals surface area contributed by atoms with Crippen LogP contribution >= 0.6 is 23.2 Å². The van der Waals surface area contributed by atoms with Crippen LogP contribution in [-0.2, 0) is 4.79 Å². The zero-order valence-corrected chi connectivity index (χ0v) is 18.8. The third-order valence-electron chi connectivity index (χ3n) is 6.05. The van der Waals surface area contributed by atoms with Gasteiger partial charge in [-0.15, -0.1) is 0 Å². The molecule has 1 atom stereocenters. The van der Waals surface area contributed by atoms with Gasteiger partial charge in [-0.05, 0) is 36.8 Å². The van der Waals surface area contributed by atoms with Crippen LogP contribution in [0.1, 0.15) is 16.8 Å². The molecular weight excluding hydrogens is 435 g/mol. The van der Waals surface area contributed by atoms with Crippen molar-refractivity contribution >= 4 is 40.7 Å². The van der Waals surface area contributed by atoms with Crippen molar-refractivity contribution in [2.24, 2.45) is 0 Å². The standard InChI is InChI=1S/C23H26Cl2N4O2/c24-20-7-6-17(14-21(20)25)23(31)26-15-22(30)29-9-8-19(16-29)28-12-10-27(11-13-28)18-4-2-1-3-5-18/h1-7,14,19H,8-13,15-16H2,(H,26,31). The molecular formula is C23H26Cl2N4O2. The van der Waals surface area contributed by atoms with E-state index < -0.39 is 0 Å². The number of benzene rings is 2. The number of amides is 2. The highest BCUT2D eigenvalue weighted by Crippen LogP contribution is 2.23. The van der Waals surface area contributed by atoms with Crippen molar-refractivity contribution in [3.8, 4) is 0 Å². The number of anilines is 1. The van der Waals surface area contributed by atoms with Crippen LogP contribution in [-0.4, -0.2) is 73.5 Å². The molecule has 31 heavy (non-hydrogen) atoms. The summed E-state index contributed by atoms with van der Waals surface area (Å²) in [7, 11) is 0. The highest BCUT2D eigenvalue weighted by atomic mass is 35.5. The lowest BCUT2D eigenvalue weighted by molar-refractivity contribution is -0.129. The van der Waals surface area contributed by atoms with Gasteiger partial charge in [-0.25, -0.2) is 0 Å². The predicted molar refractivity (Wildman–Crippen MR) is 124 cm³/mol. The Morgan fingerprint density at radius 3 is 2.39 bits per heavy atom. The third-order valence-corrected chi connectivity index (χ3v) is 6.79. The third kappa shape index (κ3) is 5.32. The van der Waals surface area contributed by atoms with Crippen molar-refractivity contribution in [3.63, 3.8) is 0 Å². The SMILES string of the molecule is O=C(NCC(=O)N1CCC(N2CCN(c3ccccc3)CC2)C1)c1ccc(Cl)c(Cl)c1. The Bertz CT molecular complexity index is 932. The molecule has 2 aliphatic heterocycles. The van der Waals surface area contributed by atoms with Gasteiger partial charge in [-0.3, -0.25) is 14.5 Å². The van der Waals surface area contributed by atoms with Crippen LogP contribution < -0.4 is 10.2 Å². The van der Waals surface area contributed by atoms with E-state index in [4.69, 9.17) is 23.2 Å². The maximum absolute atomic E-state index is 12.6. The highest BCUT2D eigenvalue weighted by Gasteiger charge is 2.32. The topological polar surface area (TPSA) is 55.9 Å². The van der Waals surface area contributed by atoms with E-state index in [1.54, 1.807) is 12.1 Å². The van der Waals surface area contributed by atoms with Crippen LogP contribution in [0.3, 0.4) is 0 Å². The summed E-state index contributed by atoms with van der Waals surface area (Å²) in [5.41, 5.74) is 1.65. The van der Waals surface area contributed by atoms with Gasteiger partial charge in [0.25, 0.3) is 5.91 Å². The molecule has 2 saturated heterocycles. The van der Waals surface area contributed by atoms with Gasteiger partial charge in [0.15, 0.2) is 0 Å². The summed E-state index contributed by atoms with van der Waals surface area (Å²) in [4.78, 5) is 31.6. The van der Waals surface area contributed by atoms with Gasteiger partial charge < -0.3 is 15.1 Å². The molecule has 2 amide bonds. The zero-order valence-electron chi connectivity index (χ0n) is 17.3. The Labute approximate surface area is 192 Å². The number of rotatable bonds is 5. The Morgan fingerprint density at radius 1 is 0.935 bits per heavy atom. The Kier molecular flexibility index (Phi) is 7.00. The maximum Gasteiger partial charge on any atom is 0.251 e. The minimum atomic E-state index is -0.334. The van der Waals surface area contributed by atoms with Gasteiger partial charge in [0.05, 0.1) is 16.6 Å². The molecule has 0 bridgehead atoms. The number of nitrogens with zero attached hydrogens (tertiary/aromatic N) is 3. The molecule has 164 valence electrons. The lowest BCUT2D eigenvalue weighted by Gasteiger charge is -2.39. The monoisotopic (exact) mass is 460 g/mol. The van der Waals surface area contributed by atoms with E-state index in [2.05, 4.69) is 39.4 Å². The Balaban J connectivity index is 1.23. The van der Waals surface area contributed by atoms with Crippen molar-refractivity contribution < 1.29 is 9.59 Å². The fourth-order valence-electron chi connectivity index (χ4n) is 4.26. The van der Waals surface area contributed by atoms with E-state index >= 15 is 0 Å². The van der Waals surface area contributed by atoms with Crippen molar-refractivity contribution in [2.45, 2.75) is 12.5 Å². The summed E-state index contributed by atoms with van der Waals surface area (Å²) in [6.45, 7) is 5.40. The number of hydrogen-bond donors (Lipinski definition) is 1. The van der Waals surface area contributed by atoms with Crippen molar-refractivity contribution in [2.75, 3.05) is 50.7 Å². The van der Waals surface area contributed by atoms with Crippen LogP contribution in [0.2, 0.25) is 10.0 Å². The minimum absolute atomic E-state index is 0.0203. The Morgan fingerprint density at radius 2 is 1.68 bits per heavy atom. The van der Waals surface area contributed by atoms with Gasteiger partial charge in [0, 0.05) is 56.6 Å². The lowest BCUT2D eigenvalue weighted by Crippen LogP contribution is -2.51. The Hall–Kier alpha value is -2.28. The van der Waals surface area contributed by atoms with Gasteiger partial charge in [-0.1, -0.05) is 41.4 Å². The van der Waals surface area contributed by atoms with Crippen molar-refractivity contribution in [1.29, 1.82) is 0 Å². The first-order chi connectivity index (χ1) is 15.0. The fraction of sp³-hybridized carbons (Fsp3) is 0.391. The molecule has 2 aromatic carbocycles. The van der Waals surface area contributed by atoms with Crippen LogP contribution in [0.5, 0.6) is 0 Å². The zero-order chi connectivity index (χ0) is 21.8. The van der Waals surface area contributed by atoms with Crippen LogP contribution in [0.4, 0.5) is 5.69 Å². The van der Waals surface area contributed by atoms with Crippen LogP contribution in [0, 0.1) is 0 Å². The normalized spacial score (nSPS) is 19.5. The molecule has 4 rings (SSSR count). The first kappa shape index (κ1) is 21.9. The van der Waals surface area contributed by atoms with E-state index in [9.17, 15) is 9.59 Å². The van der Waals surface area contributed by atoms with Crippen molar-refractivity contribution in [3.05, 3.63) is 64.1 Å². The molecule has 0 saturated carbocycles. The molecule has 0 radical (unpaired) electrons. The fourth-order valence-corrected chi connectivity index (χ4v) is 4.56. The number of carbonyl (C=O) groups is 2. The van der Waals surface area contributed by atoms with Gasteiger partial charge in [-0.2, -0.15) is 0 Å². The maximum atomic E-state index is 12.6. The summed E-state index contributed by atoms with van der Waals surface area (Å²) < 4.78 is 0. The molecule has 6 nitrogen and oxygen atoms in total. The van der Waals surface area contributed by atoms with E-state index in [1.165, 1.54) is 11.8 Å². The van der Waals surface area contributed by atoms with E-state index in [-0.39, 0.29) is 18.4 Å². The van der Waals surface area contributed by atoms with Gasteiger partial charge >= 0.3 is 0 Å². The van der Waals surface area contributed by atoms with Crippen molar-refractivity contribution in [1.82, 2.24) is 15.1 Å². The molecule has 1 N–H and O–H groups in total. The number of nitrogens with one attached hydrogen (secondary N) is 1. The highest BCUT2D eigenvalue weighted by molar-refractivity contribution is 6.42. The molecule has 8 heteroatoms. The van der Waals surface area contributed by atoms with E-state index in [0.717, 1.165) is 39.1 Å². The van der Waals surface area contributed by atoms with Gasteiger partial charge in [0.2, 0.25) is 5.91 Å². The largest absolute Gasteiger partial charge is 0.369 e. The average Bonchev–Trinajstić information content (AvgIpc) is 3.30. The lowest BCUT2D eigenvalue weighted by atomic mass is 10.1. The predicted octanol–water partition coefficient (Wildman–Crippen LogP) is 3.15. The number of carbonyl (C=O) groups excluding carboxylic acids is 2. The second-order valence-electron chi connectivity index (χ2n) is 7.95. The second kappa shape index (κ2) is 9.90. The molecule has 0 spiro atoms. The first-order valence-electron chi connectivity index (χ1n) is 10.6. The summed E-state index contributed by atoms with van der Waals surface area (Å²) in [5, 5.41) is 3.39. The van der Waals surface area contributed by atoms with Crippen LogP contribution in [0.25, 0.3) is 0 Å². The summed E-state index contributed by atoms with van der Waals surface area (Å²) in [6, 6.07) is 15.5. The van der Waals surface area contributed by atoms with Crippen LogP contribution in [0.15, 0.2) is 48.5 Å². The molecule has 2 aliphatic rings. The first-order valence-corrected chi connectivity index (χ1v) is 11.3. The second-order valence-corrected chi connectivity index (χ2v) is 8.77. The number of likely N-dealkylation sites (tertiary alicyclic amines) is 1.